The summed E-state index contributed by atoms with van der Waals surface area (Å²) in [6.45, 7) is 5.57. The van der Waals surface area contributed by atoms with E-state index in [0.717, 1.165) is 0 Å². The molecule has 2 unspecified atom stereocenters. The lowest BCUT2D eigenvalue weighted by atomic mass is 9.92. The third-order valence-electron chi connectivity index (χ3n) is 3.79. The van der Waals surface area contributed by atoms with Gasteiger partial charge in [-0.25, -0.2) is 0 Å². The van der Waals surface area contributed by atoms with E-state index in [2.05, 4.69) is 56.4 Å². The summed E-state index contributed by atoms with van der Waals surface area (Å²) in [5.41, 5.74) is 4.24. The maximum atomic E-state index is 3.64. The van der Waals surface area contributed by atoms with E-state index in [1.165, 1.54) is 36.1 Å². The molecule has 0 bridgehead atoms. The van der Waals surface area contributed by atoms with E-state index >= 15 is 0 Å². The average Bonchev–Trinajstić information content (AvgIpc) is 2.76. The van der Waals surface area contributed by atoms with Crippen LogP contribution in [-0.4, -0.2) is 31.6 Å². The van der Waals surface area contributed by atoms with Gasteiger partial charge in [-0.15, -0.1) is 0 Å². The van der Waals surface area contributed by atoms with Gasteiger partial charge in [-0.2, -0.15) is 0 Å². The summed E-state index contributed by atoms with van der Waals surface area (Å²) >= 11 is 0. The van der Waals surface area contributed by atoms with Gasteiger partial charge in [-0.3, -0.25) is 0 Å². The molecule has 1 aromatic rings. The molecule has 2 rings (SSSR count). The quantitative estimate of drug-likeness (QED) is 0.862. The van der Waals surface area contributed by atoms with Crippen LogP contribution in [-0.2, 0) is 0 Å². The smallest absolute Gasteiger partial charge is 0.0498 e. The lowest BCUT2D eigenvalue weighted by Crippen LogP contribution is -2.37. The fraction of sp³-hybridized carbons (Fsp3) is 0.600. The maximum Gasteiger partial charge on any atom is 0.0498 e. The number of aryl methyl sites for hydroxylation is 2. The zero-order valence-electron chi connectivity index (χ0n) is 11.5. The molecule has 2 atom stereocenters. The van der Waals surface area contributed by atoms with Gasteiger partial charge in [0.05, 0.1) is 0 Å². The third-order valence-corrected chi connectivity index (χ3v) is 3.79. The van der Waals surface area contributed by atoms with E-state index in [-0.39, 0.29) is 0 Å². The van der Waals surface area contributed by atoms with Gasteiger partial charge in [-0.1, -0.05) is 23.8 Å². The molecule has 2 nitrogen and oxygen atoms in total. The van der Waals surface area contributed by atoms with Crippen molar-refractivity contribution in [2.45, 2.75) is 38.8 Å². The highest BCUT2D eigenvalue weighted by atomic mass is 15.1. The lowest BCUT2D eigenvalue weighted by Gasteiger charge is -2.32. The Morgan fingerprint density at radius 1 is 1.29 bits per heavy atom. The molecule has 1 aliphatic rings. The molecule has 1 saturated heterocycles. The van der Waals surface area contributed by atoms with Crippen molar-refractivity contribution < 1.29 is 0 Å². The van der Waals surface area contributed by atoms with Gasteiger partial charge in [0, 0.05) is 12.1 Å². The summed E-state index contributed by atoms with van der Waals surface area (Å²) < 4.78 is 0. The molecule has 0 aliphatic carbocycles. The van der Waals surface area contributed by atoms with Crippen molar-refractivity contribution >= 4 is 0 Å². The Labute approximate surface area is 105 Å². The maximum absolute atomic E-state index is 3.64. The molecule has 0 aromatic heterocycles. The first-order valence-electron chi connectivity index (χ1n) is 6.56. The molecule has 1 fully saturated rings. The van der Waals surface area contributed by atoms with Crippen molar-refractivity contribution in [3.8, 4) is 0 Å². The van der Waals surface area contributed by atoms with E-state index < -0.39 is 0 Å². The van der Waals surface area contributed by atoms with Gasteiger partial charge in [0.1, 0.15) is 0 Å². The van der Waals surface area contributed by atoms with Crippen LogP contribution >= 0.6 is 0 Å². The van der Waals surface area contributed by atoms with Crippen molar-refractivity contribution in [1.82, 2.24) is 10.2 Å². The molecule has 0 amide bonds. The Morgan fingerprint density at radius 3 is 2.65 bits per heavy atom. The molecular weight excluding hydrogens is 208 g/mol. The van der Waals surface area contributed by atoms with Crippen LogP contribution in [0.3, 0.4) is 0 Å². The van der Waals surface area contributed by atoms with Gasteiger partial charge in [0.25, 0.3) is 0 Å². The number of nitrogens with zero attached hydrogens (tertiary/aromatic N) is 1. The lowest BCUT2D eigenvalue weighted by molar-refractivity contribution is 0.243. The van der Waals surface area contributed by atoms with Gasteiger partial charge in [0.2, 0.25) is 0 Å². The SMILES string of the molecule is Cc1ccc(C)c(C(C2CCCN2)N(C)C)c1. The minimum atomic E-state index is 0.498. The summed E-state index contributed by atoms with van der Waals surface area (Å²) in [6.07, 6.45) is 2.59. The number of hydrogen-bond donors (Lipinski definition) is 1. The molecule has 94 valence electrons. The molecule has 1 N–H and O–H groups in total. The van der Waals surface area contributed by atoms with Crippen molar-refractivity contribution in [2.24, 2.45) is 0 Å². The monoisotopic (exact) mass is 232 g/mol. The minimum absolute atomic E-state index is 0.498. The first kappa shape index (κ1) is 12.6. The first-order chi connectivity index (χ1) is 8.09. The van der Waals surface area contributed by atoms with Gasteiger partial charge < -0.3 is 10.2 Å². The fourth-order valence-corrected chi connectivity index (χ4v) is 2.91. The van der Waals surface area contributed by atoms with Crippen LogP contribution in [0.1, 0.15) is 35.6 Å². The Morgan fingerprint density at radius 2 is 2.06 bits per heavy atom. The van der Waals surface area contributed by atoms with Crippen molar-refractivity contribution in [2.75, 3.05) is 20.6 Å². The highest BCUT2D eigenvalue weighted by Gasteiger charge is 2.28. The standard InChI is InChI=1S/C15H24N2/c1-11-7-8-12(2)13(10-11)15(17(3)4)14-6-5-9-16-14/h7-8,10,14-16H,5-6,9H2,1-4H3. The van der Waals surface area contributed by atoms with E-state index in [9.17, 15) is 0 Å². The molecule has 0 spiro atoms. The zero-order chi connectivity index (χ0) is 12.4. The molecule has 1 aromatic carbocycles. The van der Waals surface area contributed by atoms with Crippen molar-refractivity contribution in [1.29, 1.82) is 0 Å². The van der Waals surface area contributed by atoms with Crippen LogP contribution in [0.2, 0.25) is 0 Å². The Bertz CT molecular complexity index is 379. The van der Waals surface area contributed by atoms with Crippen LogP contribution in [0.4, 0.5) is 0 Å². The van der Waals surface area contributed by atoms with E-state index in [4.69, 9.17) is 0 Å². The number of nitrogens with one attached hydrogen (secondary N) is 1. The summed E-state index contributed by atoms with van der Waals surface area (Å²) in [5.74, 6) is 0. The number of rotatable bonds is 3. The molecule has 1 aliphatic heterocycles. The van der Waals surface area contributed by atoms with E-state index in [1.54, 1.807) is 0 Å². The van der Waals surface area contributed by atoms with Crippen molar-refractivity contribution in [3.05, 3.63) is 34.9 Å². The van der Waals surface area contributed by atoms with Gasteiger partial charge in [-0.05, 0) is 58.5 Å². The second-order valence-electron chi connectivity index (χ2n) is 5.47. The molecule has 0 radical (unpaired) electrons. The van der Waals surface area contributed by atoms with Gasteiger partial charge in [0.15, 0.2) is 0 Å². The Balaban J connectivity index is 2.34. The summed E-state index contributed by atoms with van der Waals surface area (Å²) in [5, 5.41) is 3.64. The second kappa shape index (κ2) is 5.19. The molecular formula is C15H24N2. The van der Waals surface area contributed by atoms with E-state index in [1.807, 2.05) is 0 Å². The normalized spacial score (nSPS) is 22.1. The molecule has 17 heavy (non-hydrogen) atoms. The minimum Gasteiger partial charge on any atom is -0.312 e. The number of hydrogen-bond acceptors (Lipinski definition) is 2. The number of benzene rings is 1. The van der Waals surface area contributed by atoms with Gasteiger partial charge >= 0.3 is 0 Å². The summed E-state index contributed by atoms with van der Waals surface area (Å²) in [7, 11) is 4.37. The summed E-state index contributed by atoms with van der Waals surface area (Å²) in [4.78, 5) is 2.35. The predicted octanol–water partition coefficient (Wildman–Crippen LogP) is 2.66. The molecule has 2 heteroatoms. The van der Waals surface area contributed by atoms with Crippen molar-refractivity contribution in [3.63, 3.8) is 0 Å². The number of likely N-dealkylation sites (N-methyl/N-ethyl adjacent to an activating group) is 1. The zero-order valence-corrected chi connectivity index (χ0v) is 11.5. The fourth-order valence-electron chi connectivity index (χ4n) is 2.91. The largest absolute Gasteiger partial charge is 0.312 e. The topological polar surface area (TPSA) is 15.3 Å². The van der Waals surface area contributed by atoms with Crippen LogP contribution in [0, 0.1) is 13.8 Å². The van der Waals surface area contributed by atoms with Crippen LogP contribution < -0.4 is 5.32 Å². The predicted molar refractivity (Wildman–Crippen MR) is 73.4 cm³/mol. The Kier molecular flexibility index (Phi) is 3.85. The van der Waals surface area contributed by atoms with Crippen LogP contribution in [0.25, 0.3) is 0 Å². The molecule has 0 saturated carbocycles. The van der Waals surface area contributed by atoms with Crippen LogP contribution in [0.5, 0.6) is 0 Å². The highest BCUT2D eigenvalue weighted by molar-refractivity contribution is 5.34. The Hall–Kier alpha value is -0.860. The average molecular weight is 232 g/mol. The summed E-state index contributed by atoms with van der Waals surface area (Å²) in [6, 6.07) is 7.90. The van der Waals surface area contributed by atoms with E-state index in [0.29, 0.717) is 12.1 Å². The first-order valence-corrected chi connectivity index (χ1v) is 6.56. The van der Waals surface area contributed by atoms with Crippen LogP contribution in [0.15, 0.2) is 18.2 Å². The highest BCUT2D eigenvalue weighted by Crippen LogP contribution is 2.30. The molecule has 1 heterocycles. The third kappa shape index (κ3) is 2.70. The second-order valence-corrected chi connectivity index (χ2v) is 5.47.